The molecule has 0 heterocycles. The van der Waals surface area contributed by atoms with Crippen LogP contribution in [0.4, 0.5) is 0 Å². The molecule has 0 aliphatic carbocycles. The second kappa shape index (κ2) is 2.44. The van der Waals surface area contributed by atoms with E-state index in [0.717, 1.165) is 0 Å². The molecule has 38 valence electrons. The molecule has 0 fully saturated rings. The number of thiol groups is 1. The molecule has 3 N–H and O–H groups in total. The Morgan fingerprint density at radius 1 is 1.83 bits per heavy atom. The van der Waals surface area contributed by atoms with Crippen LogP contribution in [-0.4, -0.2) is 16.6 Å². The summed E-state index contributed by atoms with van der Waals surface area (Å²) in [6.45, 7) is 1.73. The molecule has 0 radical (unpaired) electrons. The molecule has 0 amide bonds. The second-order valence-electron chi connectivity index (χ2n) is 1.23. The van der Waals surface area contributed by atoms with Crippen molar-refractivity contribution in [3.63, 3.8) is 0 Å². The van der Waals surface area contributed by atoms with Crippen molar-refractivity contribution in [3.05, 3.63) is 0 Å². The lowest BCUT2D eigenvalue weighted by Crippen LogP contribution is -2.27. The smallest absolute Gasteiger partial charge is 0.113 e. The molecule has 0 aliphatic rings. The van der Waals surface area contributed by atoms with Gasteiger partial charge in [-0.15, -0.1) is 0 Å². The summed E-state index contributed by atoms with van der Waals surface area (Å²) in [5.41, 5.74) is 4.91. The van der Waals surface area contributed by atoms with Crippen molar-refractivity contribution >= 4 is 12.6 Å². The van der Waals surface area contributed by atoms with Gasteiger partial charge in [-0.3, -0.25) is 0 Å². The molecule has 0 saturated carbocycles. The fourth-order valence-electron chi connectivity index (χ4n) is 0. The highest BCUT2D eigenvalue weighted by Gasteiger charge is 1.99. The van der Waals surface area contributed by atoms with E-state index in [2.05, 4.69) is 12.6 Å². The molecule has 0 rings (SSSR count). The molecule has 0 aromatic carbocycles. The van der Waals surface area contributed by atoms with Crippen molar-refractivity contribution in [3.8, 4) is 0 Å². The molecule has 0 saturated heterocycles. The third kappa shape index (κ3) is 2.50. The number of nitrogens with two attached hydrogens (primary N) is 1. The lowest BCUT2D eigenvalue weighted by molar-refractivity contribution is 0.184. The maximum atomic E-state index is 8.33. The van der Waals surface area contributed by atoms with Gasteiger partial charge < -0.3 is 10.8 Å². The highest BCUT2D eigenvalue weighted by molar-refractivity contribution is 7.81. The van der Waals surface area contributed by atoms with Crippen LogP contribution in [0.3, 0.4) is 0 Å². The van der Waals surface area contributed by atoms with E-state index in [1.165, 1.54) is 0 Å². The van der Waals surface area contributed by atoms with Gasteiger partial charge >= 0.3 is 0 Å². The first-order valence-electron chi connectivity index (χ1n) is 1.76. The third-order valence-corrected chi connectivity index (χ3v) is 0.800. The second-order valence-corrected chi connectivity index (χ2v) is 2.05. The number of aliphatic hydroxyl groups excluding tert-OH is 1. The Hall–Kier alpha value is 0.270. The average Bonchev–Trinajstić information content (AvgIpc) is 1.36. The van der Waals surface area contributed by atoms with Crippen LogP contribution in [0.1, 0.15) is 6.92 Å². The normalized spacial score (nSPS) is 20.0. The SMILES string of the molecule is CC(S)C(N)O. The third-order valence-electron chi connectivity index (χ3n) is 0.494. The Bertz CT molecular complexity index is 31.8. The first-order valence-corrected chi connectivity index (χ1v) is 2.28. The summed E-state index contributed by atoms with van der Waals surface area (Å²) in [5.74, 6) is 0. The van der Waals surface area contributed by atoms with Crippen molar-refractivity contribution < 1.29 is 5.11 Å². The zero-order chi connectivity index (χ0) is 5.15. The van der Waals surface area contributed by atoms with Gasteiger partial charge in [0.25, 0.3) is 0 Å². The zero-order valence-electron chi connectivity index (χ0n) is 3.63. The Labute approximate surface area is 42.8 Å². The van der Waals surface area contributed by atoms with Gasteiger partial charge in [0, 0.05) is 5.25 Å². The summed E-state index contributed by atoms with van der Waals surface area (Å²) in [5, 5.41) is 8.21. The molecular weight excluding hydrogens is 98.1 g/mol. The molecule has 3 heteroatoms. The van der Waals surface area contributed by atoms with Gasteiger partial charge in [-0.1, -0.05) is 0 Å². The van der Waals surface area contributed by atoms with Crippen LogP contribution in [0.15, 0.2) is 0 Å². The molecule has 2 unspecified atom stereocenters. The van der Waals surface area contributed by atoms with Crippen LogP contribution in [-0.2, 0) is 0 Å². The van der Waals surface area contributed by atoms with E-state index >= 15 is 0 Å². The van der Waals surface area contributed by atoms with Crippen molar-refractivity contribution in [1.29, 1.82) is 0 Å². The van der Waals surface area contributed by atoms with Crippen LogP contribution in [0.2, 0.25) is 0 Å². The van der Waals surface area contributed by atoms with Gasteiger partial charge in [0.15, 0.2) is 0 Å². The topological polar surface area (TPSA) is 46.2 Å². The van der Waals surface area contributed by atoms with Gasteiger partial charge in [0.2, 0.25) is 0 Å². The quantitative estimate of drug-likeness (QED) is 0.315. The van der Waals surface area contributed by atoms with Gasteiger partial charge in [0.1, 0.15) is 6.23 Å². The zero-order valence-corrected chi connectivity index (χ0v) is 4.52. The predicted molar refractivity (Wildman–Crippen MR) is 28.6 cm³/mol. The summed E-state index contributed by atoms with van der Waals surface area (Å²) in [6.07, 6.45) is -0.784. The van der Waals surface area contributed by atoms with Gasteiger partial charge in [0.05, 0.1) is 0 Å². The number of hydrogen-bond donors (Lipinski definition) is 3. The van der Waals surface area contributed by atoms with E-state index in [4.69, 9.17) is 10.8 Å². The highest BCUT2D eigenvalue weighted by Crippen LogP contribution is 1.91. The number of aliphatic hydroxyl groups is 1. The molecule has 2 nitrogen and oxygen atoms in total. The van der Waals surface area contributed by atoms with Crippen molar-refractivity contribution in [1.82, 2.24) is 0 Å². The predicted octanol–water partition coefficient (Wildman–Crippen LogP) is -0.418. The summed E-state index contributed by atoms with van der Waals surface area (Å²) >= 11 is 3.82. The maximum absolute atomic E-state index is 8.33. The van der Waals surface area contributed by atoms with Crippen molar-refractivity contribution in [2.45, 2.75) is 18.4 Å². The minimum Gasteiger partial charge on any atom is -0.378 e. The average molecular weight is 107 g/mol. The van der Waals surface area contributed by atoms with E-state index in [-0.39, 0.29) is 5.25 Å². The highest BCUT2D eigenvalue weighted by atomic mass is 32.1. The molecule has 0 spiro atoms. The lowest BCUT2D eigenvalue weighted by atomic mass is 10.4. The summed E-state index contributed by atoms with van der Waals surface area (Å²) in [6, 6.07) is 0. The Balaban J connectivity index is 2.99. The van der Waals surface area contributed by atoms with Gasteiger partial charge in [-0.25, -0.2) is 0 Å². The monoisotopic (exact) mass is 107 g/mol. The molecule has 0 aromatic rings. The van der Waals surface area contributed by atoms with Gasteiger partial charge in [-0.2, -0.15) is 12.6 Å². The minimum absolute atomic E-state index is 0.120. The van der Waals surface area contributed by atoms with E-state index in [0.29, 0.717) is 0 Å². The van der Waals surface area contributed by atoms with Gasteiger partial charge in [-0.05, 0) is 6.92 Å². The first-order chi connectivity index (χ1) is 2.64. The lowest BCUT2D eigenvalue weighted by Gasteiger charge is -2.03. The van der Waals surface area contributed by atoms with Crippen LogP contribution < -0.4 is 5.73 Å². The Morgan fingerprint density at radius 2 is 2.00 bits per heavy atom. The van der Waals surface area contributed by atoms with E-state index < -0.39 is 6.23 Å². The Kier molecular flexibility index (Phi) is 2.55. The van der Waals surface area contributed by atoms with Crippen LogP contribution >= 0.6 is 12.6 Å². The Morgan fingerprint density at radius 3 is 2.00 bits per heavy atom. The number of rotatable bonds is 1. The first kappa shape index (κ1) is 6.27. The summed E-state index contributed by atoms with van der Waals surface area (Å²) < 4.78 is 0. The maximum Gasteiger partial charge on any atom is 0.113 e. The van der Waals surface area contributed by atoms with Crippen molar-refractivity contribution in [2.24, 2.45) is 5.73 Å². The van der Waals surface area contributed by atoms with Crippen molar-refractivity contribution in [2.75, 3.05) is 0 Å². The number of hydrogen-bond acceptors (Lipinski definition) is 3. The summed E-state index contributed by atoms with van der Waals surface area (Å²) in [4.78, 5) is 0. The fourth-order valence-corrected chi connectivity index (χ4v) is 0. The van der Waals surface area contributed by atoms with E-state index in [1.807, 2.05) is 0 Å². The summed E-state index contributed by atoms with van der Waals surface area (Å²) in [7, 11) is 0. The molecule has 2 atom stereocenters. The van der Waals surface area contributed by atoms with E-state index in [1.54, 1.807) is 6.92 Å². The van der Waals surface area contributed by atoms with Crippen LogP contribution in [0, 0.1) is 0 Å². The molecular formula is C3H9NOS. The largest absolute Gasteiger partial charge is 0.378 e. The molecule has 6 heavy (non-hydrogen) atoms. The fraction of sp³-hybridized carbons (Fsp3) is 1.00. The van der Waals surface area contributed by atoms with E-state index in [9.17, 15) is 0 Å². The molecule has 0 bridgehead atoms. The molecule has 0 aromatic heterocycles. The molecule has 0 aliphatic heterocycles. The van der Waals surface area contributed by atoms with Crippen LogP contribution in [0.25, 0.3) is 0 Å². The van der Waals surface area contributed by atoms with Crippen LogP contribution in [0.5, 0.6) is 0 Å². The standard InChI is InChI=1S/C3H9NOS/c1-2(6)3(4)5/h2-3,5-6H,4H2,1H3. The minimum atomic E-state index is -0.784.